The quantitative estimate of drug-likeness (QED) is 0.651. The third-order valence-corrected chi connectivity index (χ3v) is 3.90. The Morgan fingerprint density at radius 3 is 2.56 bits per heavy atom. The minimum atomic E-state index is -0.252. The highest BCUT2D eigenvalue weighted by atomic mass is 16.5. The highest BCUT2D eigenvalue weighted by molar-refractivity contribution is 6.03. The van der Waals surface area contributed by atoms with Gasteiger partial charge in [0.1, 0.15) is 22.8 Å². The van der Waals surface area contributed by atoms with E-state index in [-0.39, 0.29) is 12.5 Å². The monoisotopic (exact) mass is 366 g/mol. The van der Waals surface area contributed by atoms with Gasteiger partial charge in [-0.3, -0.25) is 9.78 Å². The van der Waals surface area contributed by atoms with E-state index in [0.717, 1.165) is 23.1 Å². The second-order valence-corrected chi connectivity index (χ2v) is 5.87. The summed E-state index contributed by atoms with van der Waals surface area (Å²) in [5.41, 5.74) is 1.39. The molecule has 0 aliphatic heterocycles. The minimum Gasteiger partial charge on any atom is -0.497 e. The molecule has 0 fully saturated rings. The molecule has 1 amide bonds. The number of hydrogen-bond acceptors (Lipinski definition) is 5. The molecular formula is C21H22N2O4. The maximum absolute atomic E-state index is 12.3. The van der Waals surface area contributed by atoms with Gasteiger partial charge in [-0.25, -0.2) is 0 Å². The summed E-state index contributed by atoms with van der Waals surface area (Å²) in [6.07, 6.45) is 2.62. The fraction of sp³-hybridized carbons (Fsp3) is 0.238. The number of ether oxygens (including phenoxy) is 3. The van der Waals surface area contributed by atoms with Gasteiger partial charge in [-0.1, -0.05) is 6.92 Å². The van der Waals surface area contributed by atoms with Crippen molar-refractivity contribution in [1.29, 1.82) is 0 Å². The molecule has 0 unspecified atom stereocenters. The van der Waals surface area contributed by atoms with Crippen LogP contribution in [0.1, 0.15) is 13.3 Å². The summed E-state index contributed by atoms with van der Waals surface area (Å²) in [5, 5.41) is 3.70. The molecule has 3 aromatic rings. The average molecular weight is 366 g/mol. The number of hydrogen-bond donors (Lipinski definition) is 1. The van der Waals surface area contributed by atoms with E-state index in [1.165, 1.54) is 0 Å². The van der Waals surface area contributed by atoms with Crippen LogP contribution in [0.3, 0.4) is 0 Å². The van der Waals surface area contributed by atoms with Crippen molar-refractivity contribution in [2.24, 2.45) is 0 Å². The predicted octanol–water partition coefficient (Wildman–Crippen LogP) is 4.05. The summed E-state index contributed by atoms with van der Waals surface area (Å²) in [6.45, 7) is 2.57. The smallest absolute Gasteiger partial charge is 0.262 e. The van der Waals surface area contributed by atoms with Crippen molar-refractivity contribution in [3.05, 3.63) is 54.7 Å². The highest BCUT2D eigenvalue weighted by Gasteiger charge is 2.11. The molecule has 27 heavy (non-hydrogen) atoms. The van der Waals surface area contributed by atoms with Gasteiger partial charge in [0, 0.05) is 11.6 Å². The van der Waals surface area contributed by atoms with Crippen molar-refractivity contribution < 1.29 is 19.0 Å². The number of rotatable bonds is 8. The van der Waals surface area contributed by atoms with E-state index in [4.69, 9.17) is 14.2 Å². The van der Waals surface area contributed by atoms with E-state index < -0.39 is 0 Å². The number of methoxy groups -OCH3 is 1. The summed E-state index contributed by atoms with van der Waals surface area (Å²) in [7, 11) is 1.60. The number of benzene rings is 2. The Kier molecular flexibility index (Phi) is 6.10. The number of nitrogens with zero attached hydrogens (tertiary/aromatic N) is 1. The molecule has 0 radical (unpaired) electrons. The summed E-state index contributed by atoms with van der Waals surface area (Å²) >= 11 is 0. The first-order valence-electron chi connectivity index (χ1n) is 8.78. The second-order valence-electron chi connectivity index (χ2n) is 5.87. The van der Waals surface area contributed by atoms with Crippen LogP contribution in [-0.2, 0) is 4.79 Å². The lowest BCUT2D eigenvalue weighted by molar-refractivity contribution is -0.118. The van der Waals surface area contributed by atoms with Crippen LogP contribution < -0.4 is 19.5 Å². The Morgan fingerprint density at radius 1 is 1.04 bits per heavy atom. The normalized spacial score (nSPS) is 10.4. The van der Waals surface area contributed by atoms with Crippen LogP contribution in [0.2, 0.25) is 0 Å². The van der Waals surface area contributed by atoms with E-state index >= 15 is 0 Å². The molecule has 1 aromatic heterocycles. The highest BCUT2D eigenvalue weighted by Crippen LogP contribution is 2.30. The van der Waals surface area contributed by atoms with Crippen molar-refractivity contribution in [3.63, 3.8) is 0 Å². The zero-order chi connectivity index (χ0) is 19.1. The molecule has 0 aliphatic rings. The summed E-state index contributed by atoms with van der Waals surface area (Å²) in [4.78, 5) is 16.7. The standard InChI is InChI=1S/C21H22N2O4/c1-3-13-26-19-11-10-18(17-5-4-12-22-21(17)19)23-20(24)14-27-16-8-6-15(25-2)7-9-16/h4-12H,3,13-14H2,1-2H3,(H,23,24). The van der Waals surface area contributed by atoms with Gasteiger partial charge in [-0.2, -0.15) is 0 Å². The number of carbonyl (C=O) groups is 1. The Balaban J connectivity index is 1.69. The lowest BCUT2D eigenvalue weighted by Crippen LogP contribution is -2.20. The fourth-order valence-corrected chi connectivity index (χ4v) is 2.59. The molecule has 0 atom stereocenters. The third-order valence-electron chi connectivity index (χ3n) is 3.90. The number of pyridine rings is 1. The molecule has 140 valence electrons. The molecule has 6 nitrogen and oxygen atoms in total. The van der Waals surface area contributed by atoms with Gasteiger partial charge < -0.3 is 19.5 Å². The van der Waals surface area contributed by atoms with Crippen molar-refractivity contribution in [1.82, 2.24) is 4.98 Å². The van der Waals surface area contributed by atoms with Gasteiger partial charge >= 0.3 is 0 Å². The molecule has 0 saturated heterocycles. The van der Waals surface area contributed by atoms with Crippen LogP contribution in [-0.4, -0.2) is 31.2 Å². The van der Waals surface area contributed by atoms with Gasteiger partial charge in [-0.05, 0) is 55.0 Å². The molecule has 3 rings (SSSR count). The molecule has 2 aromatic carbocycles. The van der Waals surface area contributed by atoms with E-state index in [1.54, 1.807) is 37.6 Å². The van der Waals surface area contributed by atoms with Crippen molar-refractivity contribution in [2.45, 2.75) is 13.3 Å². The van der Waals surface area contributed by atoms with Crippen LogP contribution in [0.15, 0.2) is 54.7 Å². The third kappa shape index (κ3) is 4.67. The molecule has 0 saturated carbocycles. The molecule has 0 aliphatic carbocycles. The van der Waals surface area contributed by atoms with Crippen LogP contribution in [0.4, 0.5) is 5.69 Å². The number of carbonyl (C=O) groups excluding carboxylic acids is 1. The van der Waals surface area contributed by atoms with Crippen molar-refractivity contribution >= 4 is 22.5 Å². The van der Waals surface area contributed by atoms with Crippen LogP contribution in [0.25, 0.3) is 10.9 Å². The Labute approximate surface area is 158 Å². The minimum absolute atomic E-state index is 0.0951. The second kappa shape index (κ2) is 8.89. The number of anilines is 1. The largest absolute Gasteiger partial charge is 0.497 e. The maximum Gasteiger partial charge on any atom is 0.262 e. The zero-order valence-corrected chi connectivity index (χ0v) is 15.4. The number of nitrogens with one attached hydrogen (secondary N) is 1. The van der Waals surface area contributed by atoms with Crippen LogP contribution >= 0.6 is 0 Å². The maximum atomic E-state index is 12.3. The van der Waals surface area contributed by atoms with Crippen LogP contribution in [0.5, 0.6) is 17.2 Å². The Hall–Kier alpha value is -3.28. The number of fused-ring (bicyclic) bond motifs is 1. The topological polar surface area (TPSA) is 69.7 Å². The Morgan fingerprint density at radius 2 is 1.81 bits per heavy atom. The Bertz CT molecular complexity index is 910. The predicted molar refractivity (Wildman–Crippen MR) is 105 cm³/mol. The van der Waals surface area contributed by atoms with Crippen molar-refractivity contribution in [2.75, 3.05) is 25.6 Å². The van der Waals surface area contributed by atoms with Gasteiger partial charge in [0.05, 0.1) is 19.4 Å². The molecular weight excluding hydrogens is 344 g/mol. The summed E-state index contributed by atoms with van der Waals surface area (Å²) < 4.78 is 16.4. The van der Waals surface area contributed by atoms with E-state index in [2.05, 4.69) is 10.3 Å². The molecule has 0 spiro atoms. The zero-order valence-electron chi connectivity index (χ0n) is 15.4. The molecule has 0 bridgehead atoms. The summed E-state index contributed by atoms with van der Waals surface area (Å²) in [5.74, 6) is 1.79. The lowest BCUT2D eigenvalue weighted by Gasteiger charge is -2.13. The average Bonchev–Trinajstić information content (AvgIpc) is 2.72. The van der Waals surface area contributed by atoms with Gasteiger partial charge in [-0.15, -0.1) is 0 Å². The van der Waals surface area contributed by atoms with Gasteiger partial charge in [0.15, 0.2) is 6.61 Å². The van der Waals surface area contributed by atoms with Gasteiger partial charge in [0.2, 0.25) is 0 Å². The van der Waals surface area contributed by atoms with E-state index in [0.29, 0.717) is 23.8 Å². The summed E-state index contributed by atoms with van der Waals surface area (Å²) in [6, 6.07) is 14.4. The fourth-order valence-electron chi connectivity index (χ4n) is 2.59. The number of aromatic nitrogens is 1. The molecule has 1 N–H and O–H groups in total. The van der Waals surface area contributed by atoms with E-state index in [9.17, 15) is 4.79 Å². The van der Waals surface area contributed by atoms with E-state index in [1.807, 2.05) is 31.2 Å². The first kappa shape index (κ1) is 18.5. The molecule has 6 heteroatoms. The molecule has 1 heterocycles. The van der Waals surface area contributed by atoms with Gasteiger partial charge in [0.25, 0.3) is 5.91 Å². The first-order valence-corrected chi connectivity index (χ1v) is 8.78. The SMILES string of the molecule is CCCOc1ccc(NC(=O)COc2ccc(OC)cc2)c2cccnc12. The first-order chi connectivity index (χ1) is 13.2. The number of amides is 1. The lowest BCUT2D eigenvalue weighted by atomic mass is 10.1. The van der Waals surface area contributed by atoms with Crippen LogP contribution in [0, 0.1) is 0 Å². The van der Waals surface area contributed by atoms with Crippen molar-refractivity contribution in [3.8, 4) is 17.2 Å².